The van der Waals surface area contributed by atoms with Crippen molar-refractivity contribution in [2.24, 2.45) is 0 Å². The van der Waals surface area contributed by atoms with E-state index in [4.69, 9.17) is 28.4 Å². The Morgan fingerprint density at radius 1 is 0.440 bits per heavy atom. The quantitative estimate of drug-likeness (QED) is 0.0216. The van der Waals surface area contributed by atoms with Gasteiger partial charge < -0.3 is 89.9 Å². The smallest absolute Gasteiger partial charge is 0.220 e. The van der Waals surface area contributed by atoms with Crippen molar-refractivity contribution in [3.63, 3.8) is 0 Å². The van der Waals surface area contributed by atoms with Gasteiger partial charge in [-0.1, -0.05) is 196 Å². The van der Waals surface area contributed by atoms with Crippen LogP contribution < -0.4 is 5.32 Å². The number of rotatable bonds is 47. The van der Waals surface area contributed by atoms with E-state index >= 15 is 0 Å². The zero-order valence-electron chi connectivity index (χ0n) is 50.9. The summed E-state index contributed by atoms with van der Waals surface area (Å²) in [6, 6.07) is -0.998. The van der Waals surface area contributed by atoms with Gasteiger partial charge >= 0.3 is 0 Å². The molecule has 17 atom stereocenters. The molecular formula is C65H113NO18. The molecule has 3 rings (SSSR count). The molecule has 0 saturated carbocycles. The minimum Gasteiger partial charge on any atom is -0.394 e. The van der Waals surface area contributed by atoms with Gasteiger partial charge in [0.05, 0.1) is 38.6 Å². The topological polar surface area (TPSA) is 307 Å². The zero-order chi connectivity index (χ0) is 61.2. The average Bonchev–Trinajstić information content (AvgIpc) is 2.76. The number of allylic oxidation sites excluding steroid dienone is 11. The Balaban J connectivity index is 1.49. The molecule has 3 fully saturated rings. The number of carbonyl (C=O) groups is 1. The van der Waals surface area contributed by atoms with Crippen LogP contribution in [0.15, 0.2) is 72.9 Å². The molecule has 12 N–H and O–H groups in total. The number of amides is 1. The highest BCUT2D eigenvalue weighted by molar-refractivity contribution is 5.76. The lowest BCUT2D eigenvalue weighted by Crippen LogP contribution is -2.66. The molecule has 486 valence electrons. The van der Waals surface area contributed by atoms with Gasteiger partial charge in [-0.3, -0.25) is 4.79 Å². The average molecular weight is 1200 g/mol. The Labute approximate surface area is 502 Å². The van der Waals surface area contributed by atoms with Gasteiger partial charge in [0.25, 0.3) is 0 Å². The van der Waals surface area contributed by atoms with Crippen molar-refractivity contribution in [3.8, 4) is 0 Å². The van der Waals surface area contributed by atoms with E-state index in [1.165, 1.54) is 89.9 Å². The second kappa shape index (κ2) is 47.3. The van der Waals surface area contributed by atoms with Crippen molar-refractivity contribution in [2.45, 2.75) is 304 Å². The van der Waals surface area contributed by atoms with Crippen molar-refractivity contribution in [2.75, 3.05) is 26.4 Å². The van der Waals surface area contributed by atoms with Crippen molar-refractivity contribution in [3.05, 3.63) is 72.9 Å². The van der Waals surface area contributed by atoms with E-state index in [1.807, 2.05) is 6.08 Å². The van der Waals surface area contributed by atoms with Gasteiger partial charge in [0.15, 0.2) is 18.9 Å². The fourth-order valence-electron chi connectivity index (χ4n) is 10.5. The van der Waals surface area contributed by atoms with E-state index in [9.17, 15) is 61.0 Å². The molecule has 84 heavy (non-hydrogen) atoms. The summed E-state index contributed by atoms with van der Waals surface area (Å²) in [7, 11) is 0. The van der Waals surface area contributed by atoms with Crippen molar-refractivity contribution < 1.29 is 89.4 Å². The van der Waals surface area contributed by atoms with E-state index < -0.39 is 124 Å². The molecule has 1 amide bonds. The maximum absolute atomic E-state index is 13.4. The molecule has 0 radical (unpaired) electrons. The number of ether oxygens (including phenoxy) is 6. The highest BCUT2D eigenvalue weighted by atomic mass is 16.8. The second-order valence-corrected chi connectivity index (χ2v) is 22.8. The predicted octanol–water partition coefficient (Wildman–Crippen LogP) is 6.99. The summed E-state index contributed by atoms with van der Waals surface area (Å²) >= 11 is 0. The van der Waals surface area contributed by atoms with Gasteiger partial charge in [-0.15, -0.1) is 0 Å². The van der Waals surface area contributed by atoms with Crippen LogP contribution >= 0.6 is 0 Å². The third kappa shape index (κ3) is 30.0. The SMILES string of the molecule is CC/C=C\C/C=C\C/C=C\C/C=C\CCCCCCCCCCC(=O)NC(COC1OC(CO)C(OC2OC(CO)C(OC3OC(CO)C(O)C(O)C3O)C(O)C2O)C(O)C1O)C(O)/C=C/CC/C=C/CCCCCCCCCCCCCC. The van der Waals surface area contributed by atoms with Gasteiger partial charge in [0.2, 0.25) is 5.91 Å². The molecule has 3 saturated heterocycles. The summed E-state index contributed by atoms with van der Waals surface area (Å²) in [5.41, 5.74) is 0. The molecule has 19 heteroatoms. The highest BCUT2D eigenvalue weighted by Crippen LogP contribution is 2.33. The van der Waals surface area contributed by atoms with Crippen LogP contribution in [-0.2, 0) is 33.2 Å². The molecule has 0 spiro atoms. The molecule has 0 bridgehead atoms. The van der Waals surface area contributed by atoms with E-state index in [1.54, 1.807) is 6.08 Å². The number of unbranched alkanes of at least 4 members (excludes halogenated alkanes) is 21. The molecule has 17 unspecified atom stereocenters. The maximum Gasteiger partial charge on any atom is 0.220 e. The first-order valence-electron chi connectivity index (χ1n) is 32.2. The second-order valence-electron chi connectivity index (χ2n) is 22.8. The van der Waals surface area contributed by atoms with Gasteiger partial charge in [-0.05, 0) is 70.6 Å². The lowest BCUT2D eigenvalue weighted by Gasteiger charge is -2.48. The van der Waals surface area contributed by atoms with Crippen LogP contribution in [0.4, 0.5) is 0 Å². The Kier molecular flexibility index (Phi) is 42.5. The molecule has 3 aliphatic heterocycles. The Bertz CT molecular complexity index is 1810. The number of nitrogens with one attached hydrogen (secondary N) is 1. The number of hydrogen-bond donors (Lipinski definition) is 12. The maximum atomic E-state index is 13.4. The third-order valence-corrected chi connectivity index (χ3v) is 15.7. The lowest BCUT2D eigenvalue weighted by atomic mass is 9.96. The van der Waals surface area contributed by atoms with E-state index in [-0.39, 0.29) is 18.9 Å². The largest absolute Gasteiger partial charge is 0.394 e. The summed E-state index contributed by atoms with van der Waals surface area (Å²) in [6.45, 7) is 1.58. The van der Waals surface area contributed by atoms with Crippen LogP contribution in [0.3, 0.4) is 0 Å². The summed E-state index contributed by atoms with van der Waals surface area (Å²) in [5.74, 6) is -0.297. The molecule has 3 heterocycles. The van der Waals surface area contributed by atoms with Crippen LogP contribution in [-0.4, -0.2) is 193 Å². The van der Waals surface area contributed by atoms with Crippen LogP contribution in [0.2, 0.25) is 0 Å². The molecule has 3 aliphatic rings. The summed E-state index contributed by atoms with van der Waals surface area (Å²) in [4.78, 5) is 13.4. The molecule has 0 aromatic heterocycles. The Morgan fingerprint density at radius 2 is 0.833 bits per heavy atom. The van der Waals surface area contributed by atoms with Crippen molar-refractivity contribution in [1.29, 1.82) is 0 Å². The minimum atomic E-state index is -1.98. The van der Waals surface area contributed by atoms with Gasteiger partial charge in [-0.25, -0.2) is 0 Å². The number of aliphatic hydroxyl groups is 11. The first kappa shape index (κ1) is 75.5. The fourth-order valence-corrected chi connectivity index (χ4v) is 10.5. The monoisotopic (exact) mass is 1200 g/mol. The fraction of sp³-hybridized carbons (Fsp3) is 0.800. The standard InChI is InChI=1S/C65H113NO18/c1-3-5-7-9-11-13-15-17-19-21-23-24-25-27-29-31-33-35-37-39-41-43-53(71)66-48(49(70)42-40-38-36-34-32-30-28-26-22-20-18-16-14-12-10-8-6-4-2)47-79-63-59(77)56(74)61(51(45-68)81-63)84-65-60(78)57(75)62(52(46-69)82-65)83-64-58(76)55(73)54(72)50(44-67)80-64/h5,7,11,13,17,19,23-24,32,34,40,42,48-52,54-65,67-70,72-78H,3-4,6,8-10,12,14-16,18,20-22,25-31,33,35-39,41,43-47H2,1-2H3,(H,66,71)/b7-5-,13-11-,19-17-,24-23-,34-32+,42-40+. The predicted molar refractivity (Wildman–Crippen MR) is 323 cm³/mol. The minimum absolute atomic E-state index is 0.222. The first-order chi connectivity index (χ1) is 40.8. The van der Waals surface area contributed by atoms with Gasteiger partial charge in [0, 0.05) is 6.42 Å². The summed E-state index contributed by atoms with van der Waals surface area (Å²) in [5, 5.41) is 120. The van der Waals surface area contributed by atoms with Crippen molar-refractivity contribution in [1.82, 2.24) is 5.32 Å². The van der Waals surface area contributed by atoms with E-state index in [0.717, 1.165) is 77.0 Å². The lowest BCUT2D eigenvalue weighted by molar-refractivity contribution is -0.379. The first-order valence-corrected chi connectivity index (χ1v) is 32.2. The van der Waals surface area contributed by atoms with E-state index in [0.29, 0.717) is 12.8 Å². The van der Waals surface area contributed by atoms with Gasteiger partial charge in [-0.2, -0.15) is 0 Å². The molecule has 0 aromatic carbocycles. The normalized spacial score (nSPS) is 29.7. The number of aliphatic hydroxyl groups excluding tert-OH is 11. The van der Waals surface area contributed by atoms with Crippen LogP contribution in [0.25, 0.3) is 0 Å². The summed E-state index contributed by atoms with van der Waals surface area (Å²) < 4.78 is 34.3. The Hall–Kier alpha value is -2.77. The van der Waals surface area contributed by atoms with Crippen LogP contribution in [0.5, 0.6) is 0 Å². The Morgan fingerprint density at radius 3 is 1.33 bits per heavy atom. The highest BCUT2D eigenvalue weighted by Gasteiger charge is 2.53. The third-order valence-electron chi connectivity index (χ3n) is 15.7. The van der Waals surface area contributed by atoms with Crippen LogP contribution in [0.1, 0.15) is 200 Å². The van der Waals surface area contributed by atoms with Gasteiger partial charge in [0.1, 0.15) is 73.2 Å². The summed E-state index contributed by atoms with van der Waals surface area (Å²) in [6.07, 6.45) is 30.1. The molecule has 19 nitrogen and oxygen atoms in total. The van der Waals surface area contributed by atoms with E-state index in [2.05, 4.69) is 79.9 Å². The molecule has 0 aromatic rings. The van der Waals surface area contributed by atoms with Crippen LogP contribution in [0, 0.1) is 0 Å². The number of carbonyl (C=O) groups excluding carboxylic acids is 1. The molecule has 0 aliphatic carbocycles. The number of hydrogen-bond acceptors (Lipinski definition) is 18. The van der Waals surface area contributed by atoms with Crippen molar-refractivity contribution >= 4 is 5.91 Å². The molecular weight excluding hydrogens is 1080 g/mol. The zero-order valence-corrected chi connectivity index (χ0v) is 50.9.